The van der Waals surface area contributed by atoms with Crippen LogP contribution >= 0.6 is 23.1 Å². The second-order valence-electron chi connectivity index (χ2n) is 7.70. The summed E-state index contributed by atoms with van der Waals surface area (Å²) in [5.41, 5.74) is 1.01. The monoisotopic (exact) mass is 455 g/mol. The number of hydrogen-bond acceptors (Lipinski definition) is 7. The predicted octanol–water partition coefficient (Wildman–Crippen LogP) is 2.38. The third-order valence-corrected chi connectivity index (χ3v) is 9.62. The molecule has 2 aromatic rings. The third kappa shape index (κ3) is 4.11. The number of amides is 1. The average Bonchev–Trinajstić information content (AvgIpc) is 3.21. The molecule has 3 heterocycles. The number of nitrogens with one attached hydrogen (secondary N) is 1. The number of sulfone groups is 1. The molecule has 7 nitrogen and oxygen atoms in total. The van der Waals surface area contributed by atoms with E-state index in [-0.39, 0.29) is 29.0 Å². The molecular formula is C19H25N3O4S3. The maximum atomic E-state index is 13.0. The van der Waals surface area contributed by atoms with Crippen molar-refractivity contribution in [3.05, 3.63) is 20.8 Å². The Balaban J connectivity index is 1.54. The average molecular weight is 456 g/mol. The number of nitrogens with zero attached hydrogens (tertiary/aromatic N) is 2. The zero-order chi connectivity index (χ0) is 20.8. The van der Waals surface area contributed by atoms with E-state index in [0.717, 1.165) is 36.1 Å². The molecular weight excluding hydrogens is 430 g/mol. The first-order valence-electron chi connectivity index (χ1n) is 10.0. The summed E-state index contributed by atoms with van der Waals surface area (Å²) in [6, 6.07) is -0.265. The maximum Gasteiger partial charge on any atom is 0.260 e. The van der Waals surface area contributed by atoms with Crippen molar-refractivity contribution in [2.45, 2.75) is 62.4 Å². The van der Waals surface area contributed by atoms with Crippen LogP contribution in [0.15, 0.2) is 9.95 Å². The van der Waals surface area contributed by atoms with Gasteiger partial charge in [-0.25, -0.2) is 13.4 Å². The quantitative estimate of drug-likeness (QED) is 0.549. The highest BCUT2D eigenvalue weighted by Crippen LogP contribution is 2.34. The van der Waals surface area contributed by atoms with Gasteiger partial charge in [0.1, 0.15) is 4.83 Å². The maximum absolute atomic E-state index is 13.0. The normalized spacial score (nSPS) is 21.8. The van der Waals surface area contributed by atoms with E-state index in [1.54, 1.807) is 23.2 Å². The smallest absolute Gasteiger partial charge is 0.260 e. The molecule has 1 fully saturated rings. The molecule has 0 aromatic carbocycles. The highest BCUT2D eigenvalue weighted by molar-refractivity contribution is 8.00. The fraction of sp³-hybridized carbons (Fsp3) is 0.632. The largest absolute Gasteiger partial charge is 0.338 e. The van der Waals surface area contributed by atoms with Gasteiger partial charge in [0.25, 0.3) is 5.56 Å². The molecule has 1 amide bonds. The van der Waals surface area contributed by atoms with Crippen LogP contribution in [0.4, 0.5) is 0 Å². The van der Waals surface area contributed by atoms with Crippen molar-refractivity contribution in [2.75, 3.05) is 18.1 Å². The molecule has 2 atom stereocenters. The number of thiophene rings is 1. The lowest BCUT2D eigenvalue weighted by atomic mass is 9.97. The number of rotatable bonds is 5. The van der Waals surface area contributed by atoms with Crippen molar-refractivity contribution in [1.82, 2.24) is 14.9 Å². The van der Waals surface area contributed by atoms with Crippen molar-refractivity contribution in [2.24, 2.45) is 0 Å². The summed E-state index contributed by atoms with van der Waals surface area (Å²) >= 11 is 2.82. The second-order valence-corrected chi connectivity index (χ2v) is 12.3. The van der Waals surface area contributed by atoms with Gasteiger partial charge >= 0.3 is 0 Å². The SMILES string of the molecule is CCN(C(=O)[C@@H](C)Sc1nc2sc3c(c2c(=O)[nH]1)CCCC3)[C@H]1CCS(=O)(=O)C1. The van der Waals surface area contributed by atoms with Gasteiger partial charge in [-0.2, -0.15) is 0 Å². The molecule has 1 saturated heterocycles. The van der Waals surface area contributed by atoms with Gasteiger partial charge in [0, 0.05) is 17.5 Å². The van der Waals surface area contributed by atoms with Crippen molar-refractivity contribution < 1.29 is 13.2 Å². The van der Waals surface area contributed by atoms with Crippen LogP contribution < -0.4 is 5.56 Å². The standard InChI is InChI=1S/C19H25N3O4S3/c1-3-22(12-8-9-29(25,26)10-12)18(24)11(2)27-19-20-16(23)15-13-6-4-5-7-14(13)28-17(15)21-19/h11-12H,3-10H2,1-2H3,(H,20,21,23)/t11-,12+/m1/s1. The van der Waals surface area contributed by atoms with E-state index in [4.69, 9.17) is 0 Å². The van der Waals surface area contributed by atoms with Gasteiger partial charge in [-0.15, -0.1) is 11.3 Å². The third-order valence-electron chi connectivity index (χ3n) is 5.71. The summed E-state index contributed by atoms with van der Waals surface area (Å²) in [7, 11) is -3.06. The predicted molar refractivity (Wildman–Crippen MR) is 117 cm³/mol. The van der Waals surface area contributed by atoms with Gasteiger partial charge < -0.3 is 9.88 Å². The van der Waals surface area contributed by atoms with Crippen molar-refractivity contribution in [3.63, 3.8) is 0 Å². The van der Waals surface area contributed by atoms with E-state index in [2.05, 4.69) is 9.97 Å². The summed E-state index contributed by atoms with van der Waals surface area (Å²) in [4.78, 5) is 36.8. The number of aryl methyl sites for hydroxylation is 2. The van der Waals surface area contributed by atoms with E-state index in [1.807, 2.05) is 6.92 Å². The lowest BCUT2D eigenvalue weighted by Gasteiger charge is -2.29. The number of aromatic amines is 1. The Morgan fingerprint density at radius 3 is 2.83 bits per heavy atom. The van der Waals surface area contributed by atoms with Crippen LogP contribution in [0.25, 0.3) is 10.2 Å². The van der Waals surface area contributed by atoms with Crippen LogP contribution in [0.2, 0.25) is 0 Å². The molecule has 0 unspecified atom stereocenters. The fourth-order valence-electron chi connectivity index (χ4n) is 4.27. The number of carbonyl (C=O) groups is 1. The molecule has 1 aliphatic heterocycles. The first kappa shape index (κ1) is 20.9. The number of fused-ring (bicyclic) bond motifs is 3. The zero-order valence-corrected chi connectivity index (χ0v) is 19.0. The van der Waals surface area contributed by atoms with E-state index in [9.17, 15) is 18.0 Å². The summed E-state index contributed by atoms with van der Waals surface area (Å²) in [6.07, 6.45) is 4.67. The van der Waals surface area contributed by atoms with Crippen LogP contribution in [-0.2, 0) is 27.5 Å². The van der Waals surface area contributed by atoms with Crippen LogP contribution in [0.5, 0.6) is 0 Å². The minimum atomic E-state index is -3.06. The van der Waals surface area contributed by atoms with Crippen molar-refractivity contribution in [1.29, 1.82) is 0 Å². The minimum Gasteiger partial charge on any atom is -0.338 e. The van der Waals surface area contributed by atoms with Crippen LogP contribution in [0.3, 0.4) is 0 Å². The Hall–Kier alpha value is -1.39. The first-order chi connectivity index (χ1) is 13.8. The Morgan fingerprint density at radius 2 is 2.14 bits per heavy atom. The molecule has 2 aromatic heterocycles. The highest BCUT2D eigenvalue weighted by atomic mass is 32.2. The summed E-state index contributed by atoms with van der Waals surface area (Å²) in [5, 5.41) is 0.685. The van der Waals surface area contributed by atoms with Gasteiger partial charge in [0.05, 0.1) is 22.1 Å². The Labute approximate surface area is 178 Å². The van der Waals surface area contributed by atoms with Crippen LogP contribution in [0.1, 0.15) is 43.6 Å². The summed E-state index contributed by atoms with van der Waals surface area (Å²) in [5.74, 6) is 0.0522. The van der Waals surface area contributed by atoms with Gasteiger partial charge in [0.2, 0.25) is 5.91 Å². The minimum absolute atomic E-state index is 0.0335. The molecule has 4 rings (SSSR count). The Morgan fingerprint density at radius 1 is 1.38 bits per heavy atom. The van der Waals surface area contributed by atoms with E-state index in [0.29, 0.717) is 23.5 Å². The number of carbonyl (C=O) groups excluding carboxylic acids is 1. The number of H-pyrrole nitrogens is 1. The van der Waals surface area contributed by atoms with Gasteiger partial charge in [-0.05, 0) is 51.5 Å². The summed E-state index contributed by atoms with van der Waals surface area (Å²) in [6.45, 7) is 4.11. The van der Waals surface area contributed by atoms with Gasteiger partial charge in [-0.3, -0.25) is 9.59 Å². The topological polar surface area (TPSA) is 100 Å². The van der Waals surface area contributed by atoms with E-state index >= 15 is 0 Å². The molecule has 1 N–H and O–H groups in total. The lowest BCUT2D eigenvalue weighted by Crippen LogP contribution is -2.44. The zero-order valence-electron chi connectivity index (χ0n) is 16.6. The van der Waals surface area contributed by atoms with Gasteiger partial charge in [0.15, 0.2) is 15.0 Å². The summed E-state index contributed by atoms with van der Waals surface area (Å²) < 4.78 is 23.6. The van der Waals surface area contributed by atoms with E-state index < -0.39 is 15.1 Å². The number of hydrogen-bond donors (Lipinski definition) is 1. The van der Waals surface area contributed by atoms with Gasteiger partial charge in [-0.1, -0.05) is 11.8 Å². The lowest BCUT2D eigenvalue weighted by molar-refractivity contribution is -0.131. The van der Waals surface area contributed by atoms with Crippen LogP contribution in [-0.4, -0.2) is 58.5 Å². The molecule has 0 spiro atoms. The number of thioether (sulfide) groups is 1. The van der Waals surface area contributed by atoms with Crippen LogP contribution in [0, 0.1) is 0 Å². The molecule has 29 heavy (non-hydrogen) atoms. The Bertz CT molecular complexity index is 1110. The Kier molecular flexibility index (Phi) is 5.78. The molecule has 158 valence electrons. The van der Waals surface area contributed by atoms with Crippen molar-refractivity contribution in [3.8, 4) is 0 Å². The fourth-order valence-corrected chi connectivity index (χ4v) is 8.18. The molecule has 10 heteroatoms. The second kappa shape index (κ2) is 8.03. The van der Waals surface area contributed by atoms with E-state index in [1.165, 1.54) is 16.6 Å². The molecule has 0 saturated carbocycles. The molecule has 1 aliphatic carbocycles. The van der Waals surface area contributed by atoms with Crippen molar-refractivity contribution >= 4 is 49.1 Å². The number of aromatic nitrogens is 2. The molecule has 2 aliphatic rings. The molecule has 0 radical (unpaired) electrons. The highest BCUT2D eigenvalue weighted by Gasteiger charge is 2.35. The molecule has 0 bridgehead atoms. The first-order valence-corrected chi connectivity index (χ1v) is 13.5.